The van der Waals surface area contributed by atoms with Crippen LogP contribution in [0.15, 0.2) is 258 Å². The Labute approximate surface area is 448 Å². The molecule has 6 rings (SSSR count). The molecule has 368 valence electrons. The highest BCUT2D eigenvalue weighted by Gasteiger charge is 2.31. The van der Waals surface area contributed by atoms with E-state index >= 15 is 0 Å². The third kappa shape index (κ3) is 20.7. The molecular weight excluding hydrogens is 991 g/mol. The van der Waals surface area contributed by atoms with Gasteiger partial charge >= 0.3 is 0 Å². The van der Waals surface area contributed by atoms with Crippen LogP contribution in [0.2, 0.25) is 0 Å². The summed E-state index contributed by atoms with van der Waals surface area (Å²) in [5.74, 6) is 6.74. The lowest BCUT2D eigenvalue weighted by Crippen LogP contribution is -2.25. The zero-order valence-corrected chi connectivity index (χ0v) is 45.4. The fourth-order valence-electron chi connectivity index (χ4n) is 6.19. The molecule has 0 atom stereocenters. The Hall–Kier alpha value is -5.47. The second-order valence-electron chi connectivity index (χ2n) is 14.7. The summed E-state index contributed by atoms with van der Waals surface area (Å²) in [4.78, 5) is 18.3. The summed E-state index contributed by atoms with van der Waals surface area (Å²) in [7, 11) is 0. The quantitative estimate of drug-likeness (QED) is 0.0255. The van der Waals surface area contributed by atoms with Crippen LogP contribution in [0.25, 0.3) is 0 Å². The maximum atomic E-state index is 5.67. The van der Waals surface area contributed by atoms with Gasteiger partial charge < -0.3 is 14.2 Å². The van der Waals surface area contributed by atoms with Crippen LogP contribution >= 0.6 is 70.6 Å². The van der Waals surface area contributed by atoms with Gasteiger partial charge in [-0.1, -0.05) is 152 Å². The molecule has 0 bridgehead atoms. The van der Waals surface area contributed by atoms with Gasteiger partial charge in [0.05, 0.1) is 0 Å². The first kappa shape index (κ1) is 58.1. The first-order valence-corrected chi connectivity index (χ1v) is 28.3. The van der Waals surface area contributed by atoms with Crippen LogP contribution in [0.5, 0.6) is 17.2 Å². The zero-order valence-electron chi connectivity index (χ0n) is 40.5. The Morgan fingerprint density at radius 1 is 0.352 bits per heavy atom. The van der Waals surface area contributed by atoms with Crippen molar-refractivity contribution in [2.24, 2.45) is 0 Å². The fourth-order valence-corrected chi connectivity index (χ4v) is 10.2. The van der Waals surface area contributed by atoms with E-state index < -0.39 is 0 Å². The lowest BCUT2D eigenvalue weighted by molar-refractivity contribution is 0.362. The fraction of sp³-hybridized carbons (Fsp3) is 0.169. The predicted molar refractivity (Wildman–Crippen MR) is 313 cm³/mol. The van der Waals surface area contributed by atoms with Crippen molar-refractivity contribution >= 4 is 70.6 Å². The van der Waals surface area contributed by atoms with Gasteiger partial charge in [-0.25, -0.2) is 0 Å². The van der Waals surface area contributed by atoms with Crippen molar-refractivity contribution in [3.05, 3.63) is 239 Å². The van der Waals surface area contributed by atoms with Gasteiger partial charge in [0.1, 0.15) is 37.1 Å². The highest BCUT2D eigenvalue weighted by atomic mass is 32.2. The first-order chi connectivity index (χ1) is 34.7. The van der Waals surface area contributed by atoms with Crippen LogP contribution in [0.4, 0.5) is 0 Å². The SMILES string of the molecule is C=CCOc1ccc(C(C)(c2ccc(OCC=C)cc2)c2ccc(OCC=C)cc2)cc1.C=CCSc1ccc(Sc2ccc(SCC=C)cc2)cc1.C=CCSc1nc(SCC=C)nc(SCC=C)n1. The zero-order chi connectivity index (χ0) is 50.9. The number of hydrogen-bond acceptors (Lipinski definition) is 12. The smallest absolute Gasteiger partial charge is 0.192 e. The summed E-state index contributed by atoms with van der Waals surface area (Å²) >= 11 is 10.1. The second kappa shape index (κ2) is 34.0. The van der Waals surface area contributed by atoms with Gasteiger partial charge in [0.25, 0.3) is 0 Å². The number of benzene rings is 5. The number of aromatic nitrogens is 3. The van der Waals surface area contributed by atoms with Crippen molar-refractivity contribution in [3.63, 3.8) is 0 Å². The van der Waals surface area contributed by atoms with E-state index in [1.165, 1.54) is 19.6 Å². The molecule has 0 spiro atoms. The van der Waals surface area contributed by atoms with Gasteiger partial charge in [0.2, 0.25) is 0 Å². The maximum absolute atomic E-state index is 5.67. The molecule has 6 nitrogen and oxygen atoms in total. The molecule has 0 N–H and O–H groups in total. The molecule has 5 aromatic carbocycles. The molecule has 0 aliphatic rings. The number of rotatable bonds is 29. The first-order valence-electron chi connectivity index (χ1n) is 22.6. The summed E-state index contributed by atoms with van der Waals surface area (Å²) in [5, 5.41) is 2.22. The summed E-state index contributed by atoms with van der Waals surface area (Å²) in [5.41, 5.74) is 3.08. The van der Waals surface area contributed by atoms with Gasteiger partial charge in [-0.15, -0.1) is 56.4 Å². The highest BCUT2D eigenvalue weighted by Crippen LogP contribution is 2.41. The van der Waals surface area contributed by atoms with Crippen molar-refractivity contribution in [2.75, 3.05) is 48.6 Å². The minimum atomic E-state index is -0.384. The van der Waals surface area contributed by atoms with E-state index in [1.807, 2.05) is 66.8 Å². The van der Waals surface area contributed by atoms with Gasteiger partial charge in [-0.2, -0.15) is 15.0 Å². The predicted octanol–water partition coefficient (Wildman–Crippen LogP) is 16.8. The van der Waals surface area contributed by atoms with Gasteiger partial charge in [0.15, 0.2) is 15.5 Å². The molecule has 0 saturated heterocycles. The van der Waals surface area contributed by atoms with E-state index in [1.54, 1.807) is 88.8 Å². The molecule has 0 amide bonds. The average Bonchev–Trinajstić information content (AvgIpc) is 3.41. The third-order valence-electron chi connectivity index (χ3n) is 9.58. The molecule has 1 heterocycles. The third-order valence-corrected chi connectivity index (χ3v) is 15.1. The number of ether oxygens (including phenoxy) is 3. The molecule has 71 heavy (non-hydrogen) atoms. The monoisotopic (exact) mass is 1050 g/mol. The van der Waals surface area contributed by atoms with Crippen molar-refractivity contribution in [2.45, 2.75) is 47.4 Å². The Kier molecular flexibility index (Phi) is 27.8. The van der Waals surface area contributed by atoms with Gasteiger partial charge in [-0.05, 0) is 109 Å². The van der Waals surface area contributed by atoms with Crippen LogP contribution in [-0.4, -0.2) is 63.5 Å². The lowest BCUT2D eigenvalue weighted by Gasteiger charge is -2.32. The summed E-state index contributed by atoms with van der Waals surface area (Å²) < 4.78 is 17.0. The maximum Gasteiger partial charge on any atom is 0.192 e. The molecule has 0 saturated carbocycles. The molecule has 0 radical (unpaired) electrons. The van der Waals surface area contributed by atoms with Crippen molar-refractivity contribution in [3.8, 4) is 17.2 Å². The molecule has 0 aliphatic heterocycles. The normalized spacial score (nSPS) is 10.4. The van der Waals surface area contributed by atoms with E-state index in [4.69, 9.17) is 14.2 Å². The standard InChI is InChI=1S/C29H30O3.C18H18S3.C12H15N3S3/c1-5-20-30-26-14-8-23(9-15-26)29(4,24-10-16-27(17-11-24)31-21-6-2)25-12-18-28(19-13-25)32-22-7-3;1-3-13-19-15-5-9-17(10-6-15)21-18-11-7-16(8-12-18)20-14-4-2;1-4-7-16-10-13-11(17-8-5-2)15-12(14-10)18-9-6-3/h5-19H,1-3,20-22H2,4H3;3-12H,1-2,13-14H2;4-6H,1-3,7-9H2. The van der Waals surface area contributed by atoms with Crippen LogP contribution in [0.3, 0.4) is 0 Å². The van der Waals surface area contributed by atoms with Crippen LogP contribution < -0.4 is 14.2 Å². The largest absolute Gasteiger partial charge is 0.490 e. The molecule has 1 aromatic heterocycles. The second-order valence-corrected chi connectivity index (χ2v) is 21.0. The van der Waals surface area contributed by atoms with E-state index in [0.29, 0.717) is 19.8 Å². The summed E-state index contributed by atoms with van der Waals surface area (Å²) in [6.45, 7) is 33.3. The van der Waals surface area contributed by atoms with E-state index in [0.717, 1.165) is 78.2 Å². The summed E-state index contributed by atoms with van der Waals surface area (Å²) in [6.07, 6.45) is 14.6. The van der Waals surface area contributed by atoms with Crippen molar-refractivity contribution in [1.29, 1.82) is 0 Å². The molecule has 0 fully saturated rings. The highest BCUT2D eigenvalue weighted by molar-refractivity contribution is 8.01. The number of nitrogens with zero attached hydrogens (tertiary/aromatic N) is 3. The van der Waals surface area contributed by atoms with Gasteiger partial charge in [-0.3, -0.25) is 0 Å². The van der Waals surface area contributed by atoms with Gasteiger partial charge in [0, 0.05) is 53.8 Å². The molecule has 0 unspecified atom stereocenters. The minimum absolute atomic E-state index is 0.384. The van der Waals surface area contributed by atoms with Crippen LogP contribution in [0, 0.1) is 0 Å². The van der Waals surface area contributed by atoms with E-state index in [9.17, 15) is 0 Å². The molecule has 6 aromatic rings. The van der Waals surface area contributed by atoms with Crippen LogP contribution in [-0.2, 0) is 5.41 Å². The summed E-state index contributed by atoms with van der Waals surface area (Å²) in [6, 6.07) is 42.1. The minimum Gasteiger partial charge on any atom is -0.490 e. The Morgan fingerprint density at radius 2 is 0.606 bits per heavy atom. The number of thioether (sulfide) groups is 5. The van der Waals surface area contributed by atoms with Crippen molar-refractivity contribution in [1.82, 2.24) is 15.0 Å². The molecule has 12 heteroatoms. The molecular formula is C59H63N3O3S6. The number of hydrogen-bond donors (Lipinski definition) is 0. The Bertz CT molecular complexity index is 2310. The van der Waals surface area contributed by atoms with Crippen LogP contribution in [0.1, 0.15) is 23.6 Å². The molecule has 0 aliphatic carbocycles. The topological polar surface area (TPSA) is 66.4 Å². The van der Waals surface area contributed by atoms with E-state index in [2.05, 4.69) is 159 Å². The lowest BCUT2D eigenvalue weighted by atomic mass is 9.71. The Morgan fingerprint density at radius 3 is 0.859 bits per heavy atom. The van der Waals surface area contributed by atoms with Crippen molar-refractivity contribution < 1.29 is 14.2 Å². The average molecular weight is 1050 g/mol. The van der Waals surface area contributed by atoms with E-state index in [-0.39, 0.29) is 5.41 Å². The Balaban J connectivity index is 0.000000244.